The van der Waals surface area contributed by atoms with Gasteiger partial charge in [-0.1, -0.05) is 12.8 Å². The molecule has 4 heterocycles. The molecule has 0 radical (unpaired) electrons. The fourth-order valence-electron chi connectivity index (χ4n) is 5.32. The maximum absolute atomic E-state index is 12.0. The van der Waals surface area contributed by atoms with Gasteiger partial charge in [0.25, 0.3) is 11.8 Å². The standard InChI is InChI=1S/C18H24N2O5/c21-14-7-8-15(22)20(14)18-16(23-9-24-18)12-6-5-11-10-3-1-2-4-13(10)25-17(11)19-12/h7-8,10-13,16-19H,1-6,9H2/t10?,11?,12?,13?,16-,17?,18+/m1/s1. The van der Waals surface area contributed by atoms with Crippen LogP contribution in [0.1, 0.15) is 38.5 Å². The third-order valence-electron chi connectivity index (χ3n) is 6.48. The molecule has 1 saturated carbocycles. The van der Waals surface area contributed by atoms with Crippen LogP contribution in [-0.4, -0.2) is 54.2 Å². The molecule has 1 N–H and O–H groups in total. The molecule has 0 aromatic carbocycles. The average Bonchev–Trinajstić information content (AvgIpc) is 3.31. The second-order valence-corrected chi connectivity index (χ2v) is 7.74. The smallest absolute Gasteiger partial charge is 0.255 e. The number of hydrogen-bond donors (Lipinski definition) is 1. The van der Waals surface area contributed by atoms with E-state index in [-0.39, 0.29) is 37.0 Å². The predicted molar refractivity (Wildman–Crippen MR) is 85.9 cm³/mol. The van der Waals surface area contributed by atoms with Crippen molar-refractivity contribution in [3.8, 4) is 0 Å². The Hall–Kier alpha value is -1.28. The number of piperidine rings is 1. The number of ether oxygens (including phenoxy) is 3. The highest BCUT2D eigenvalue weighted by molar-refractivity contribution is 6.13. The second-order valence-electron chi connectivity index (χ2n) is 7.74. The van der Waals surface area contributed by atoms with Crippen molar-refractivity contribution >= 4 is 11.8 Å². The zero-order valence-electron chi connectivity index (χ0n) is 14.1. The summed E-state index contributed by atoms with van der Waals surface area (Å²) in [5.74, 6) is 0.582. The normalized spacial score (nSPS) is 46.6. The SMILES string of the molecule is O=C1C=CC(=O)N1[C@H]1OCO[C@@H]1C1CCC2C(N1)OC1CCCCC12. The Balaban J connectivity index is 1.30. The third-order valence-corrected chi connectivity index (χ3v) is 6.48. The molecule has 5 rings (SSSR count). The Morgan fingerprint density at radius 3 is 2.60 bits per heavy atom. The topological polar surface area (TPSA) is 77.1 Å². The van der Waals surface area contributed by atoms with Crippen molar-refractivity contribution in [1.29, 1.82) is 0 Å². The molecular formula is C18H24N2O5. The first-order chi connectivity index (χ1) is 12.2. The van der Waals surface area contributed by atoms with Crippen LogP contribution in [0.25, 0.3) is 0 Å². The molecule has 7 nitrogen and oxygen atoms in total. The number of carbonyl (C=O) groups is 2. The minimum absolute atomic E-state index is 0.0232. The molecule has 2 amide bonds. The number of hydrogen-bond acceptors (Lipinski definition) is 6. The summed E-state index contributed by atoms with van der Waals surface area (Å²) in [6.07, 6.45) is 9.06. The van der Waals surface area contributed by atoms with Gasteiger partial charge in [-0.05, 0) is 31.6 Å². The minimum atomic E-state index is -0.660. The van der Waals surface area contributed by atoms with Gasteiger partial charge >= 0.3 is 0 Å². The fraction of sp³-hybridized carbons (Fsp3) is 0.778. The van der Waals surface area contributed by atoms with Crippen molar-refractivity contribution in [2.75, 3.05) is 6.79 Å². The molecule has 0 aromatic rings. The summed E-state index contributed by atoms with van der Waals surface area (Å²) in [6, 6.07) is 0.0232. The summed E-state index contributed by atoms with van der Waals surface area (Å²) in [6.45, 7) is 0.102. The van der Waals surface area contributed by atoms with Crippen LogP contribution in [0, 0.1) is 11.8 Å². The van der Waals surface area contributed by atoms with Gasteiger partial charge in [-0.2, -0.15) is 0 Å². The van der Waals surface area contributed by atoms with Crippen LogP contribution in [0.4, 0.5) is 0 Å². The number of nitrogens with one attached hydrogen (secondary N) is 1. The molecule has 7 heteroatoms. The zero-order chi connectivity index (χ0) is 17.0. The molecular weight excluding hydrogens is 324 g/mol. The van der Waals surface area contributed by atoms with Gasteiger partial charge < -0.3 is 14.2 Å². The molecule has 5 unspecified atom stereocenters. The van der Waals surface area contributed by atoms with Crippen molar-refractivity contribution < 1.29 is 23.8 Å². The number of imide groups is 1. The molecule has 7 atom stereocenters. The van der Waals surface area contributed by atoms with Crippen molar-refractivity contribution in [1.82, 2.24) is 10.2 Å². The van der Waals surface area contributed by atoms with Crippen LogP contribution >= 0.6 is 0 Å². The van der Waals surface area contributed by atoms with Gasteiger partial charge in [-0.25, -0.2) is 4.90 Å². The maximum Gasteiger partial charge on any atom is 0.255 e. The fourth-order valence-corrected chi connectivity index (χ4v) is 5.32. The summed E-state index contributed by atoms with van der Waals surface area (Å²) in [5, 5.41) is 3.60. The van der Waals surface area contributed by atoms with E-state index in [1.165, 1.54) is 36.3 Å². The summed E-state index contributed by atoms with van der Waals surface area (Å²) >= 11 is 0. The lowest BCUT2D eigenvalue weighted by Gasteiger charge is -2.38. The molecule has 4 fully saturated rings. The van der Waals surface area contributed by atoms with Crippen molar-refractivity contribution in [2.45, 2.75) is 69.2 Å². The van der Waals surface area contributed by atoms with Gasteiger partial charge in [0.15, 0.2) is 6.23 Å². The molecule has 5 aliphatic rings. The van der Waals surface area contributed by atoms with E-state index >= 15 is 0 Å². The molecule has 0 bridgehead atoms. The minimum Gasteiger partial charge on any atom is -0.360 e. The zero-order valence-corrected chi connectivity index (χ0v) is 14.1. The monoisotopic (exact) mass is 348 g/mol. The van der Waals surface area contributed by atoms with Crippen LogP contribution in [-0.2, 0) is 23.8 Å². The Morgan fingerprint density at radius 2 is 1.76 bits per heavy atom. The van der Waals surface area contributed by atoms with Crippen LogP contribution in [0.3, 0.4) is 0 Å². The van der Waals surface area contributed by atoms with E-state index in [2.05, 4.69) is 5.32 Å². The molecule has 3 saturated heterocycles. The van der Waals surface area contributed by atoms with Crippen LogP contribution in [0.2, 0.25) is 0 Å². The second kappa shape index (κ2) is 6.16. The first-order valence-corrected chi connectivity index (χ1v) is 9.42. The molecule has 1 aliphatic carbocycles. The van der Waals surface area contributed by atoms with Gasteiger partial charge in [-0.3, -0.25) is 14.9 Å². The first-order valence-electron chi connectivity index (χ1n) is 9.42. The Morgan fingerprint density at radius 1 is 0.960 bits per heavy atom. The van der Waals surface area contributed by atoms with E-state index in [1.807, 2.05) is 0 Å². The highest BCUT2D eigenvalue weighted by Gasteiger charge is 2.51. The van der Waals surface area contributed by atoms with Gasteiger partial charge in [0.2, 0.25) is 0 Å². The van der Waals surface area contributed by atoms with E-state index in [0.717, 1.165) is 19.3 Å². The Bertz CT molecular complexity index is 590. The van der Waals surface area contributed by atoms with Gasteiger partial charge in [0, 0.05) is 24.1 Å². The van der Waals surface area contributed by atoms with E-state index in [1.54, 1.807) is 0 Å². The number of carbonyl (C=O) groups excluding carboxylic acids is 2. The van der Waals surface area contributed by atoms with Crippen molar-refractivity contribution in [3.05, 3.63) is 12.2 Å². The maximum atomic E-state index is 12.0. The van der Waals surface area contributed by atoms with Crippen molar-refractivity contribution in [3.63, 3.8) is 0 Å². The highest BCUT2D eigenvalue weighted by Crippen LogP contribution is 2.45. The van der Waals surface area contributed by atoms with E-state index < -0.39 is 6.23 Å². The number of amides is 2. The van der Waals surface area contributed by atoms with Gasteiger partial charge in [0.05, 0.1) is 6.10 Å². The Kier molecular flexibility index (Phi) is 3.93. The summed E-state index contributed by atoms with van der Waals surface area (Å²) in [5.41, 5.74) is 0. The van der Waals surface area contributed by atoms with Crippen molar-refractivity contribution in [2.24, 2.45) is 11.8 Å². The molecule has 25 heavy (non-hydrogen) atoms. The number of rotatable bonds is 2. The quantitative estimate of drug-likeness (QED) is 0.747. The van der Waals surface area contributed by atoms with Crippen LogP contribution in [0.5, 0.6) is 0 Å². The van der Waals surface area contributed by atoms with Gasteiger partial charge in [0.1, 0.15) is 19.1 Å². The average molecular weight is 348 g/mol. The summed E-state index contributed by atoms with van der Waals surface area (Å²) in [4.78, 5) is 25.1. The van der Waals surface area contributed by atoms with E-state index in [4.69, 9.17) is 14.2 Å². The number of fused-ring (bicyclic) bond motifs is 3. The molecule has 136 valence electrons. The van der Waals surface area contributed by atoms with E-state index in [0.29, 0.717) is 17.9 Å². The lowest BCUT2D eigenvalue weighted by molar-refractivity contribution is -0.150. The summed E-state index contributed by atoms with van der Waals surface area (Å²) in [7, 11) is 0. The van der Waals surface area contributed by atoms with Gasteiger partial charge in [-0.15, -0.1) is 0 Å². The molecule has 0 spiro atoms. The number of nitrogens with zero attached hydrogens (tertiary/aromatic N) is 1. The molecule has 4 aliphatic heterocycles. The summed E-state index contributed by atoms with van der Waals surface area (Å²) < 4.78 is 17.7. The predicted octanol–water partition coefficient (Wildman–Crippen LogP) is 0.894. The lowest BCUT2D eigenvalue weighted by Crippen LogP contribution is -2.58. The first kappa shape index (κ1) is 15.9. The van der Waals surface area contributed by atoms with Crippen LogP contribution < -0.4 is 5.32 Å². The Labute approximate surface area is 146 Å². The van der Waals surface area contributed by atoms with E-state index in [9.17, 15) is 9.59 Å². The van der Waals surface area contributed by atoms with Crippen LogP contribution in [0.15, 0.2) is 12.2 Å². The largest absolute Gasteiger partial charge is 0.360 e. The molecule has 0 aromatic heterocycles. The highest BCUT2D eigenvalue weighted by atomic mass is 16.7. The third kappa shape index (κ3) is 2.56. The lowest BCUT2D eigenvalue weighted by atomic mass is 9.75.